The lowest BCUT2D eigenvalue weighted by Gasteiger charge is -2.13. The minimum absolute atomic E-state index is 0.175. The van der Waals surface area contributed by atoms with Crippen molar-refractivity contribution in [1.82, 2.24) is 5.32 Å². The van der Waals surface area contributed by atoms with Crippen LogP contribution < -0.4 is 5.32 Å². The van der Waals surface area contributed by atoms with Crippen LogP contribution in [0.1, 0.15) is 16.7 Å². The Hall–Kier alpha value is -2.45. The predicted molar refractivity (Wildman–Crippen MR) is 92.6 cm³/mol. The van der Waals surface area contributed by atoms with E-state index in [1.165, 1.54) is 28.3 Å². The number of fused-ring (bicyclic) bond motifs is 1. The Kier molecular flexibility index (Phi) is 3.47. The van der Waals surface area contributed by atoms with Crippen LogP contribution >= 0.6 is 0 Å². The highest BCUT2D eigenvalue weighted by Crippen LogP contribution is 2.34. The molecule has 1 N–H and O–H groups in total. The van der Waals surface area contributed by atoms with Gasteiger partial charge in [-0.2, -0.15) is 0 Å². The van der Waals surface area contributed by atoms with Crippen molar-refractivity contribution < 1.29 is 4.39 Å². The molecule has 0 amide bonds. The zero-order valence-electron chi connectivity index (χ0n) is 13.1. The van der Waals surface area contributed by atoms with Crippen molar-refractivity contribution in [2.24, 2.45) is 0 Å². The molecule has 0 fully saturated rings. The molecule has 0 atom stereocenters. The van der Waals surface area contributed by atoms with E-state index in [0.717, 1.165) is 24.2 Å². The Balaban J connectivity index is 1.85. The quantitative estimate of drug-likeness (QED) is 0.697. The highest BCUT2D eigenvalue weighted by molar-refractivity contribution is 5.78. The molecule has 2 heteroatoms. The van der Waals surface area contributed by atoms with Crippen molar-refractivity contribution in [3.63, 3.8) is 0 Å². The zero-order valence-corrected chi connectivity index (χ0v) is 13.1. The molecule has 0 saturated carbocycles. The number of halogens is 1. The van der Waals surface area contributed by atoms with Crippen molar-refractivity contribution >= 4 is 0 Å². The molecule has 0 spiro atoms. The molecule has 114 valence electrons. The summed E-state index contributed by atoms with van der Waals surface area (Å²) >= 11 is 0. The first-order valence-corrected chi connectivity index (χ1v) is 7.91. The number of hydrogen-bond acceptors (Lipinski definition) is 1. The van der Waals surface area contributed by atoms with Crippen molar-refractivity contribution in [3.05, 3.63) is 83.2 Å². The van der Waals surface area contributed by atoms with Crippen LogP contribution in [0, 0.1) is 12.7 Å². The van der Waals surface area contributed by atoms with Gasteiger partial charge in [-0.1, -0.05) is 48.5 Å². The van der Waals surface area contributed by atoms with E-state index in [0.29, 0.717) is 5.56 Å². The summed E-state index contributed by atoms with van der Waals surface area (Å²) in [6.07, 6.45) is 0. The van der Waals surface area contributed by atoms with Crippen LogP contribution in [-0.4, -0.2) is 0 Å². The van der Waals surface area contributed by atoms with Gasteiger partial charge < -0.3 is 5.32 Å². The minimum atomic E-state index is -0.175. The van der Waals surface area contributed by atoms with Crippen LogP contribution in [0.25, 0.3) is 22.3 Å². The Morgan fingerprint density at radius 1 is 0.783 bits per heavy atom. The molecule has 1 heterocycles. The van der Waals surface area contributed by atoms with Gasteiger partial charge in [0, 0.05) is 18.7 Å². The lowest BCUT2D eigenvalue weighted by Crippen LogP contribution is -1.99. The number of nitrogens with one attached hydrogen (secondary N) is 1. The number of rotatable bonds is 2. The lowest BCUT2D eigenvalue weighted by atomic mass is 9.91. The van der Waals surface area contributed by atoms with Gasteiger partial charge in [-0.3, -0.25) is 0 Å². The monoisotopic (exact) mass is 303 g/mol. The molecule has 0 aromatic heterocycles. The first-order chi connectivity index (χ1) is 11.2. The fourth-order valence-electron chi connectivity index (χ4n) is 3.38. The van der Waals surface area contributed by atoms with Crippen molar-refractivity contribution in [2.75, 3.05) is 0 Å². The Morgan fingerprint density at radius 2 is 1.52 bits per heavy atom. The van der Waals surface area contributed by atoms with E-state index in [4.69, 9.17) is 0 Å². The van der Waals surface area contributed by atoms with Crippen molar-refractivity contribution in [2.45, 2.75) is 20.0 Å². The van der Waals surface area contributed by atoms with Crippen LogP contribution in [-0.2, 0) is 13.1 Å². The fraction of sp³-hybridized carbons (Fsp3) is 0.143. The molecule has 0 saturated heterocycles. The molecule has 3 aromatic rings. The lowest BCUT2D eigenvalue weighted by molar-refractivity contribution is 0.631. The molecule has 0 aliphatic carbocycles. The summed E-state index contributed by atoms with van der Waals surface area (Å²) in [4.78, 5) is 0. The summed E-state index contributed by atoms with van der Waals surface area (Å²) in [6, 6.07) is 19.7. The van der Waals surface area contributed by atoms with Gasteiger partial charge in [0.1, 0.15) is 5.82 Å². The molecule has 0 bridgehead atoms. The van der Waals surface area contributed by atoms with Gasteiger partial charge >= 0.3 is 0 Å². The van der Waals surface area contributed by atoms with Crippen molar-refractivity contribution in [3.8, 4) is 22.3 Å². The molecule has 1 nitrogen and oxygen atoms in total. The van der Waals surface area contributed by atoms with Gasteiger partial charge in [-0.05, 0) is 52.4 Å². The van der Waals surface area contributed by atoms with E-state index in [1.807, 2.05) is 24.3 Å². The summed E-state index contributed by atoms with van der Waals surface area (Å²) in [5.41, 5.74) is 7.83. The van der Waals surface area contributed by atoms with E-state index >= 15 is 0 Å². The van der Waals surface area contributed by atoms with Crippen LogP contribution in [0.5, 0.6) is 0 Å². The second kappa shape index (κ2) is 5.64. The summed E-state index contributed by atoms with van der Waals surface area (Å²) in [5, 5.41) is 3.38. The maximum atomic E-state index is 14.2. The van der Waals surface area contributed by atoms with Gasteiger partial charge in [0.25, 0.3) is 0 Å². The number of hydrogen-bond donors (Lipinski definition) is 1. The molecule has 0 unspecified atom stereocenters. The Bertz CT molecular complexity index is 883. The average molecular weight is 303 g/mol. The standard InChI is InChI=1S/C21H18FN/c1-14-18(15-9-10-16-12-23-13-17(16)11-15)6-4-7-19(14)20-5-2-3-8-21(20)22/h2-11,23H,12-13H2,1H3. The van der Waals surface area contributed by atoms with E-state index in [1.54, 1.807) is 6.07 Å². The van der Waals surface area contributed by atoms with Crippen LogP contribution in [0.2, 0.25) is 0 Å². The van der Waals surface area contributed by atoms with Crippen LogP contribution in [0.4, 0.5) is 4.39 Å². The van der Waals surface area contributed by atoms with Gasteiger partial charge in [0.15, 0.2) is 0 Å². The molecule has 3 aromatic carbocycles. The van der Waals surface area contributed by atoms with Crippen LogP contribution in [0.3, 0.4) is 0 Å². The van der Waals surface area contributed by atoms with E-state index in [-0.39, 0.29) is 5.82 Å². The van der Waals surface area contributed by atoms with Gasteiger partial charge in [0.2, 0.25) is 0 Å². The third-order valence-electron chi connectivity index (χ3n) is 4.65. The maximum absolute atomic E-state index is 14.2. The van der Waals surface area contributed by atoms with Gasteiger partial charge in [0.05, 0.1) is 0 Å². The highest BCUT2D eigenvalue weighted by Gasteiger charge is 2.14. The average Bonchev–Trinajstić information content (AvgIpc) is 3.03. The summed E-state index contributed by atoms with van der Waals surface area (Å²) < 4.78 is 14.2. The van der Waals surface area contributed by atoms with Gasteiger partial charge in [-0.25, -0.2) is 4.39 Å². The maximum Gasteiger partial charge on any atom is 0.131 e. The molecular weight excluding hydrogens is 285 g/mol. The zero-order chi connectivity index (χ0) is 15.8. The topological polar surface area (TPSA) is 12.0 Å². The smallest absolute Gasteiger partial charge is 0.131 e. The van der Waals surface area contributed by atoms with Crippen LogP contribution in [0.15, 0.2) is 60.7 Å². The predicted octanol–water partition coefficient (Wildman–Crippen LogP) is 5.07. The second-order valence-electron chi connectivity index (χ2n) is 6.05. The molecule has 0 radical (unpaired) electrons. The first-order valence-electron chi connectivity index (χ1n) is 7.91. The van der Waals surface area contributed by atoms with Gasteiger partial charge in [-0.15, -0.1) is 0 Å². The highest BCUT2D eigenvalue weighted by atomic mass is 19.1. The molecule has 1 aliphatic heterocycles. The third kappa shape index (κ3) is 2.45. The van der Waals surface area contributed by atoms with E-state index in [2.05, 4.69) is 36.5 Å². The SMILES string of the molecule is Cc1c(-c2ccc3c(c2)CNC3)cccc1-c1ccccc1F. The normalized spacial score (nSPS) is 13.1. The molecule has 4 rings (SSSR count). The molecule has 23 heavy (non-hydrogen) atoms. The first kappa shape index (κ1) is 14.2. The second-order valence-corrected chi connectivity index (χ2v) is 6.05. The third-order valence-corrected chi connectivity index (χ3v) is 4.65. The summed E-state index contributed by atoms with van der Waals surface area (Å²) in [5.74, 6) is -0.175. The largest absolute Gasteiger partial charge is 0.309 e. The van der Waals surface area contributed by atoms with E-state index < -0.39 is 0 Å². The summed E-state index contributed by atoms with van der Waals surface area (Å²) in [6.45, 7) is 3.95. The minimum Gasteiger partial charge on any atom is -0.309 e. The number of benzene rings is 3. The fourth-order valence-corrected chi connectivity index (χ4v) is 3.38. The summed E-state index contributed by atoms with van der Waals surface area (Å²) in [7, 11) is 0. The van der Waals surface area contributed by atoms with Crippen molar-refractivity contribution in [1.29, 1.82) is 0 Å². The van der Waals surface area contributed by atoms with E-state index in [9.17, 15) is 4.39 Å². The Labute approximate surface area is 135 Å². The molecule has 1 aliphatic rings. The molecular formula is C21H18FN. The Morgan fingerprint density at radius 3 is 2.39 bits per heavy atom.